The van der Waals surface area contributed by atoms with E-state index in [0.29, 0.717) is 12.6 Å². The molecule has 5 nitrogen and oxygen atoms in total. The van der Waals surface area contributed by atoms with Gasteiger partial charge in [-0.3, -0.25) is 9.48 Å². The van der Waals surface area contributed by atoms with E-state index in [9.17, 15) is 4.79 Å². The summed E-state index contributed by atoms with van der Waals surface area (Å²) < 4.78 is 2.75. The molecule has 1 aromatic heterocycles. The Morgan fingerprint density at radius 2 is 1.84 bits per heavy atom. The van der Waals surface area contributed by atoms with Gasteiger partial charge in [0.25, 0.3) is 0 Å². The van der Waals surface area contributed by atoms with Gasteiger partial charge in [0.15, 0.2) is 0 Å². The minimum absolute atomic E-state index is 0.0126. The predicted molar refractivity (Wildman–Crippen MR) is 135 cm³/mol. The Labute approximate surface area is 198 Å². The van der Waals surface area contributed by atoms with Crippen molar-refractivity contribution in [3.63, 3.8) is 0 Å². The SMILES string of the molecule is Cc1ccc(-c2ccc3c(I)nn(CC(=O)NCCN(C)C4CCCCC4)c3c2)cc1. The first kappa shape index (κ1) is 22.3. The molecule has 0 aliphatic heterocycles. The van der Waals surface area contributed by atoms with Gasteiger partial charge in [-0.1, -0.05) is 55.2 Å². The quantitative estimate of drug-likeness (QED) is 0.438. The van der Waals surface area contributed by atoms with Crippen LogP contribution in [-0.4, -0.2) is 46.8 Å². The molecule has 1 fully saturated rings. The predicted octanol–water partition coefficient (Wildman–Crippen LogP) is 5.00. The molecule has 0 radical (unpaired) electrons. The zero-order chi connectivity index (χ0) is 21.8. The number of amides is 1. The highest BCUT2D eigenvalue weighted by atomic mass is 127. The standard InChI is InChI=1S/C25H31IN4O/c1-18-8-10-19(11-9-18)20-12-13-22-23(16-20)30(28-25(22)26)17-24(31)27-14-15-29(2)21-6-4-3-5-7-21/h8-13,16,21H,3-7,14-15,17H2,1-2H3,(H,27,31). The Bertz CT molecular complexity index is 1040. The van der Waals surface area contributed by atoms with Crippen molar-refractivity contribution in [2.45, 2.75) is 51.6 Å². The van der Waals surface area contributed by atoms with E-state index in [4.69, 9.17) is 0 Å². The van der Waals surface area contributed by atoms with E-state index in [0.717, 1.165) is 26.7 Å². The molecule has 3 aromatic rings. The molecule has 0 unspecified atom stereocenters. The lowest BCUT2D eigenvalue weighted by Crippen LogP contribution is -2.40. The van der Waals surface area contributed by atoms with Gasteiger partial charge in [-0.2, -0.15) is 5.10 Å². The average molecular weight is 530 g/mol. The van der Waals surface area contributed by atoms with Gasteiger partial charge in [-0.15, -0.1) is 0 Å². The Morgan fingerprint density at radius 3 is 2.58 bits per heavy atom. The molecule has 0 saturated heterocycles. The summed E-state index contributed by atoms with van der Waals surface area (Å²) in [7, 11) is 2.18. The van der Waals surface area contributed by atoms with Crippen molar-refractivity contribution in [3.05, 3.63) is 51.7 Å². The van der Waals surface area contributed by atoms with Gasteiger partial charge in [0, 0.05) is 24.5 Å². The molecule has 2 aromatic carbocycles. The zero-order valence-electron chi connectivity index (χ0n) is 18.4. The molecule has 0 atom stereocenters. The van der Waals surface area contributed by atoms with Crippen molar-refractivity contribution in [2.24, 2.45) is 0 Å². The van der Waals surface area contributed by atoms with E-state index in [1.165, 1.54) is 43.2 Å². The van der Waals surface area contributed by atoms with E-state index in [2.05, 4.69) is 94.3 Å². The third kappa shape index (κ3) is 5.47. The molecule has 0 bridgehead atoms. The summed E-state index contributed by atoms with van der Waals surface area (Å²) in [6.45, 7) is 3.90. The Hall–Kier alpha value is -1.93. The first-order valence-corrected chi connectivity index (χ1v) is 12.3. The number of carbonyl (C=O) groups excluding carboxylic acids is 1. The van der Waals surface area contributed by atoms with E-state index >= 15 is 0 Å². The molecular formula is C25H31IN4O. The van der Waals surface area contributed by atoms with Crippen LogP contribution in [0.4, 0.5) is 0 Å². The molecule has 31 heavy (non-hydrogen) atoms. The van der Waals surface area contributed by atoms with Gasteiger partial charge in [0.1, 0.15) is 10.2 Å². The number of hydrogen-bond donors (Lipinski definition) is 1. The van der Waals surface area contributed by atoms with Crippen molar-refractivity contribution in [1.82, 2.24) is 20.0 Å². The maximum Gasteiger partial charge on any atom is 0.241 e. The Morgan fingerprint density at radius 1 is 1.13 bits per heavy atom. The van der Waals surface area contributed by atoms with Crippen molar-refractivity contribution in [2.75, 3.05) is 20.1 Å². The maximum absolute atomic E-state index is 12.6. The van der Waals surface area contributed by atoms with Gasteiger partial charge in [-0.05, 0) is 72.7 Å². The van der Waals surface area contributed by atoms with Crippen LogP contribution in [0.2, 0.25) is 0 Å². The third-order valence-electron chi connectivity index (χ3n) is 6.37. The van der Waals surface area contributed by atoms with Crippen LogP contribution < -0.4 is 5.32 Å². The van der Waals surface area contributed by atoms with E-state index in [1.54, 1.807) is 0 Å². The fourth-order valence-electron chi connectivity index (χ4n) is 4.45. The lowest BCUT2D eigenvalue weighted by atomic mass is 9.94. The highest BCUT2D eigenvalue weighted by Crippen LogP contribution is 2.27. The minimum atomic E-state index is 0.0126. The second-order valence-electron chi connectivity index (χ2n) is 8.67. The monoisotopic (exact) mass is 530 g/mol. The van der Waals surface area contributed by atoms with Crippen molar-refractivity contribution >= 4 is 39.4 Å². The number of aryl methyl sites for hydroxylation is 1. The number of nitrogens with one attached hydrogen (secondary N) is 1. The highest BCUT2D eigenvalue weighted by molar-refractivity contribution is 14.1. The molecule has 1 amide bonds. The summed E-state index contributed by atoms with van der Waals surface area (Å²) in [4.78, 5) is 15.0. The zero-order valence-corrected chi connectivity index (χ0v) is 20.6. The molecule has 6 heteroatoms. The van der Waals surface area contributed by atoms with Gasteiger partial charge in [0.05, 0.1) is 5.52 Å². The maximum atomic E-state index is 12.6. The number of benzene rings is 2. The molecule has 1 N–H and O–H groups in total. The van der Waals surface area contributed by atoms with E-state index < -0.39 is 0 Å². The summed E-state index contributed by atoms with van der Waals surface area (Å²) in [6.07, 6.45) is 6.59. The molecule has 1 heterocycles. The molecule has 4 rings (SSSR count). The van der Waals surface area contributed by atoms with E-state index in [-0.39, 0.29) is 12.5 Å². The fourth-order valence-corrected chi connectivity index (χ4v) is 5.16. The van der Waals surface area contributed by atoms with Gasteiger partial charge < -0.3 is 10.2 Å². The number of likely N-dealkylation sites (N-methyl/N-ethyl adjacent to an activating group) is 1. The normalized spacial score (nSPS) is 15.0. The number of nitrogens with zero attached hydrogens (tertiary/aromatic N) is 3. The van der Waals surface area contributed by atoms with Crippen molar-refractivity contribution < 1.29 is 4.79 Å². The van der Waals surface area contributed by atoms with Crippen LogP contribution in [0.3, 0.4) is 0 Å². The smallest absolute Gasteiger partial charge is 0.241 e. The van der Waals surface area contributed by atoms with E-state index in [1.807, 2.05) is 4.68 Å². The summed E-state index contributed by atoms with van der Waals surface area (Å²) in [6, 6.07) is 15.6. The van der Waals surface area contributed by atoms with Crippen LogP contribution >= 0.6 is 22.6 Å². The first-order chi connectivity index (χ1) is 15.0. The number of aromatic nitrogens is 2. The van der Waals surface area contributed by atoms with Gasteiger partial charge >= 0.3 is 0 Å². The molecule has 164 valence electrons. The van der Waals surface area contributed by atoms with Crippen LogP contribution in [-0.2, 0) is 11.3 Å². The van der Waals surface area contributed by atoms with Crippen LogP contribution in [0.25, 0.3) is 22.0 Å². The second kappa shape index (κ2) is 10.1. The molecular weight excluding hydrogens is 499 g/mol. The first-order valence-electron chi connectivity index (χ1n) is 11.2. The third-order valence-corrected chi connectivity index (χ3v) is 7.17. The average Bonchev–Trinajstić information content (AvgIpc) is 3.09. The number of hydrogen-bond acceptors (Lipinski definition) is 3. The number of carbonyl (C=O) groups is 1. The molecule has 1 aliphatic carbocycles. The van der Waals surface area contributed by atoms with Gasteiger partial charge in [-0.25, -0.2) is 0 Å². The largest absolute Gasteiger partial charge is 0.353 e. The summed E-state index contributed by atoms with van der Waals surface area (Å²) in [5.74, 6) is 0.0126. The van der Waals surface area contributed by atoms with Crippen LogP contribution in [0, 0.1) is 10.6 Å². The van der Waals surface area contributed by atoms with Gasteiger partial charge in [0.2, 0.25) is 5.91 Å². The number of rotatable bonds is 7. The Balaban J connectivity index is 1.40. The summed E-state index contributed by atoms with van der Waals surface area (Å²) >= 11 is 2.25. The molecule has 0 spiro atoms. The highest BCUT2D eigenvalue weighted by Gasteiger charge is 2.18. The van der Waals surface area contributed by atoms with Crippen molar-refractivity contribution in [1.29, 1.82) is 0 Å². The van der Waals surface area contributed by atoms with Crippen molar-refractivity contribution in [3.8, 4) is 11.1 Å². The number of fused-ring (bicyclic) bond motifs is 1. The van der Waals surface area contributed by atoms with Crippen LogP contribution in [0.5, 0.6) is 0 Å². The Kier molecular flexibility index (Phi) is 7.27. The summed E-state index contributed by atoms with van der Waals surface area (Å²) in [5.41, 5.74) is 4.55. The molecule has 1 aliphatic rings. The number of halogens is 1. The lowest BCUT2D eigenvalue weighted by molar-refractivity contribution is -0.121. The van der Waals surface area contributed by atoms with Crippen LogP contribution in [0.1, 0.15) is 37.7 Å². The van der Waals surface area contributed by atoms with Crippen LogP contribution in [0.15, 0.2) is 42.5 Å². The fraction of sp³-hybridized carbons (Fsp3) is 0.440. The minimum Gasteiger partial charge on any atom is -0.353 e. The molecule has 1 saturated carbocycles. The topological polar surface area (TPSA) is 50.2 Å². The lowest BCUT2D eigenvalue weighted by Gasteiger charge is -2.31. The summed E-state index contributed by atoms with van der Waals surface area (Å²) in [5, 5.41) is 8.80. The second-order valence-corrected chi connectivity index (χ2v) is 9.69.